The maximum absolute atomic E-state index is 12.7. The van der Waals surface area contributed by atoms with Crippen molar-refractivity contribution in [3.05, 3.63) is 60.9 Å². The van der Waals surface area contributed by atoms with Gasteiger partial charge in [-0.2, -0.15) is 0 Å². The lowest BCUT2D eigenvalue weighted by Crippen LogP contribution is -3.19. The molecule has 2 heterocycles. The Balaban J connectivity index is 1.36. The number of fused-ring (bicyclic) bond motifs is 1. The van der Waals surface area contributed by atoms with E-state index in [-0.39, 0.29) is 11.9 Å². The molecule has 0 unspecified atom stereocenters. The van der Waals surface area contributed by atoms with Gasteiger partial charge in [-0.05, 0) is 35.9 Å². The molecule has 1 aliphatic heterocycles. The molecule has 1 aliphatic rings. The number of quaternary nitrogens is 1. The Bertz CT molecular complexity index is 922. The number of nitrogens with zero attached hydrogens (tertiary/aromatic N) is 3. The van der Waals surface area contributed by atoms with Crippen LogP contribution in [0.2, 0.25) is 0 Å². The van der Waals surface area contributed by atoms with Crippen molar-refractivity contribution >= 4 is 28.3 Å². The highest BCUT2D eigenvalue weighted by Gasteiger charge is 2.29. The molecule has 1 aromatic heterocycles. The minimum atomic E-state index is -0.102. The largest absolute Gasteiger partial charge is 0.330 e. The maximum atomic E-state index is 12.7. The van der Waals surface area contributed by atoms with Crippen molar-refractivity contribution < 1.29 is 9.69 Å². The Morgan fingerprint density at radius 3 is 2.48 bits per heavy atom. The number of aromatic nitrogens is 2. The van der Waals surface area contributed by atoms with Crippen molar-refractivity contribution in [2.45, 2.75) is 13.0 Å². The number of carbonyl (C=O) groups excluding carboxylic acids is 1. The summed E-state index contributed by atoms with van der Waals surface area (Å²) < 4.78 is 0. The molecule has 0 radical (unpaired) electrons. The van der Waals surface area contributed by atoms with Crippen LogP contribution in [0.25, 0.3) is 10.8 Å². The van der Waals surface area contributed by atoms with E-state index in [1.807, 2.05) is 43.3 Å². The summed E-state index contributed by atoms with van der Waals surface area (Å²) in [4.78, 5) is 24.8. The van der Waals surface area contributed by atoms with Crippen LogP contribution >= 0.6 is 0 Å². The molecule has 4 rings (SSSR count). The molecule has 138 valence electrons. The van der Waals surface area contributed by atoms with E-state index in [2.05, 4.69) is 32.3 Å². The normalized spacial score (nSPS) is 16.3. The summed E-state index contributed by atoms with van der Waals surface area (Å²) in [5.74, 6) is 0.828. The van der Waals surface area contributed by atoms with E-state index in [1.165, 1.54) is 10.3 Å². The molecule has 1 fully saturated rings. The monoisotopic (exact) mass is 362 g/mol. The molecule has 0 aliphatic carbocycles. The van der Waals surface area contributed by atoms with Gasteiger partial charge < -0.3 is 15.1 Å². The second-order valence-corrected chi connectivity index (χ2v) is 6.97. The number of hydrogen-bond donors (Lipinski definition) is 2. The standard InChI is InChI=1S/C21H23N5O/c1-16(25-11-13-26(14-12-25)21-22-9-4-10-23-21)20(27)24-19-8-7-17-5-2-3-6-18(17)15-19/h2-10,15-16H,11-14H2,1H3,(H,24,27)/p+1/t16-/m1/s1. The third-order valence-corrected chi connectivity index (χ3v) is 5.26. The van der Waals surface area contributed by atoms with Gasteiger partial charge in [-0.3, -0.25) is 4.79 Å². The first-order valence-electron chi connectivity index (χ1n) is 9.37. The number of benzene rings is 2. The van der Waals surface area contributed by atoms with Gasteiger partial charge in [0.05, 0.1) is 26.2 Å². The summed E-state index contributed by atoms with van der Waals surface area (Å²) in [6.07, 6.45) is 3.53. The Morgan fingerprint density at radius 2 is 1.74 bits per heavy atom. The van der Waals surface area contributed by atoms with Crippen molar-refractivity contribution in [3.8, 4) is 0 Å². The lowest BCUT2D eigenvalue weighted by molar-refractivity contribution is -0.914. The van der Waals surface area contributed by atoms with Crippen LogP contribution in [-0.2, 0) is 4.79 Å². The van der Waals surface area contributed by atoms with Crippen molar-refractivity contribution in [1.82, 2.24) is 9.97 Å². The molecular formula is C21H24N5O+. The van der Waals surface area contributed by atoms with Gasteiger partial charge in [-0.15, -0.1) is 0 Å². The molecule has 27 heavy (non-hydrogen) atoms. The summed E-state index contributed by atoms with van der Waals surface area (Å²) in [6.45, 7) is 5.50. The number of anilines is 2. The fraction of sp³-hybridized carbons (Fsp3) is 0.286. The number of hydrogen-bond acceptors (Lipinski definition) is 4. The highest BCUT2D eigenvalue weighted by Crippen LogP contribution is 2.18. The molecule has 1 saturated heterocycles. The lowest BCUT2D eigenvalue weighted by Gasteiger charge is -2.34. The van der Waals surface area contributed by atoms with Gasteiger partial charge >= 0.3 is 0 Å². The zero-order valence-corrected chi connectivity index (χ0v) is 15.4. The van der Waals surface area contributed by atoms with Crippen LogP contribution in [0.1, 0.15) is 6.92 Å². The van der Waals surface area contributed by atoms with Crippen LogP contribution in [0.5, 0.6) is 0 Å². The summed E-state index contributed by atoms with van der Waals surface area (Å²) >= 11 is 0. The number of carbonyl (C=O) groups is 1. The van der Waals surface area contributed by atoms with Gasteiger partial charge in [0.1, 0.15) is 0 Å². The fourth-order valence-corrected chi connectivity index (χ4v) is 3.58. The van der Waals surface area contributed by atoms with E-state index in [4.69, 9.17) is 0 Å². The van der Waals surface area contributed by atoms with E-state index in [0.717, 1.165) is 43.2 Å². The average Bonchev–Trinajstić information content (AvgIpc) is 2.74. The zero-order chi connectivity index (χ0) is 18.6. The molecule has 1 amide bonds. The fourth-order valence-electron chi connectivity index (χ4n) is 3.58. The predicted octanol–water partition coefficient (Wildman–Crippen LogP) is 1.36. The zero-order valence-electron chi connectivity index (χ0n) is 15.4. The lowest BCUT2D eigenvalue weighted by atomic mass is 10.1. The van der Waals surface area contributed by atoms with Gasteiger partial charge in [-0.1, -0.05) is 30.3 Å². The summed E-state index contributed by atoms with van der Waals surface area (Å²) in [5, 5.41) is 5.38. The molecule has 1 atom stereocenters. The molecule has 6 heteroatoms. The van der Waals surface area contributed by atoms with Crippen molar-refractivity contribution in [1.29, 1.82) is 0 Å². The summed E-state index contributed by atoms with van der Waals surface area (Å²) in [7, 11) is 0. The van der Waals surface area contributed by atoms with E-state index < -0.39 is 0 Å². The third-order valence-electron chi connectivity index (χ3n) is 5.26. The SMILES string of the molecule is C[C@H](C(=O)Nc1ccc2ccccc2c1)[NH+]1CCN(c2ncccn2)CC1. The first-order valence-corrected chi connectivity index (χ1v) is 9.37. The molecule has 3 aromatic rings. The Kier molecular flexibility index (Phi) is 4.98. The second-order valence-electron chi connectivity index (χ2n) is 6.97. The Labute approximate surface area is 158 Å². The maximum Gasteiger partial charge on any atom is 0.282 e. The minimum Gasteiger partial charge on any atom is -0.330 e. The first kappa shape index (κ1) is 17.4. The average molecular weight is 362 g/mol. The van der Waals surface area contributed by atoms with Crippen LogP contribution in [0.15, 0.2) is 60.9 Å². The predicted molar refractivity (Wildman–Crippen MR) is 107 cm³/mol. The molecule has 0 saturated carbocycles. The van der Waals surface area contributed by atoms with E-state index in [9.17, 15) is 4.79 Å². The minimum absolute atomic E-state index is 0.0599. The van der Waals surface area contributed by atoms with Crippen LogP contribution in [0, 0.1) is 0 Å². The first-order chi connectivity index (χ1) is 13.2. The van der Waals surface area contributed by atoms with E-state index >= 15 is 0 Å². The number of nitrogens with one attached hydrogen (secondary N) is 2. The van der Waals surface area contributed by atoms with Crippen LogP contribution in [0.3, 0.4) is 0 Å². The number of amides is 1. The highest BCUT2D eigenvalue weighted by molar-refractivity contribution is 5.96. The van der Waals surface area contributed by atoms with Gasteiger partial charge in [0, 0.05) is 18.1 Å². The quantitative estimate of drug-likeness (QED) is 0.736. The molecule has 0 spiro atoms. The van der Waals surface area contributed by atoms with Crippen molar-refractivity contribution in [3.63, 3.8) is 0 Å². The Hall–Kier alpha value is -2.99. The molecule has 0 bridgehead atoms. The Morgan fingerprint density at radius 1 is 1.04 bits per heavy atom. The van der Waals surface area contributed by atoms with Crippen LogP contribution in [0.4, 0.5) is 11.6 Å². The van der Waals surface area contributed by atoms with Gasteiger partial charge in [0.25, 0.3) is 5.91 Å². The molecular weight excluding hydrogens is 338 g/mol. The van der Waals surface area contributed by atoms with Gasteiger partial charge in [-0.25, -0.2) is 9.97 Å². The number of rotatable bonds is 4. The van der Waals surface area contributed by atoms with Gasteiger partial charge in [0.15, 0.2) is 6.04 Å². The van der Waals surface area contributed by atoms with E-state index in [0.29, 0.717) is 0 Å². The highest BCUT2D eigenvalue weighted by atomic mass is 16.2. The third kappa shape index (κ3) is 3.90. The van der Waals surface area contributed by atoms with E-state index in [1.54, 1.807) is 12.4 Å². The van der Waals surface area contributed by atoms with Crippen LogP contribution < -0.4 is 15.1 Å². The van der Waals surface area contributed by atoms with Crippen LogP contribution in [-0.4, -0.2) is 48.1 Å². The number of piperazine rings is 1. The second kappa shape index (κ2) is 7.72. The molecule has 2 N–H and O–H groups in total. The van der Waals surface area contributed by atoms with Crippen molar-refractivity contribution in [2.75, 3.05) is 36.4 Å². The molecule has 2 aromatic carbocycles. The molecule has 6 nitrogen and oxygen atoms in total. The summed E-state index contributed by atoms with van der Waals surface area (Å²) in [5.41, 5.74) is 0.848. The van der Waals surface area contributed by atoms with Gasteiger partial charge in [0.2, 0.25) is 5.95 Å². The summed E-state index contributed by atoms with van der Waals surface area (Å²) in [6, 6.07) is 15.9. The van der Waals surface area contributed by atoms with Crippen molar-refractivity contribution in [2.24, 2.45) is 0 Å². The smallest absolute Gasteiger partial charge is 0.282 e. The topological polar surface area (TPSA) is 62.6 Å².